The van der Waals surface area contributed by atoms with Gasteiger partial charge in [0.25, 0.3) is 0 Å². The Morgan fingerprint density at radius 3 is 2.96 bits per heavy atom. The van der Waals surface area contributed by atoms with Crippen LogP contribution in [0.1, 0.15) is 51.3 Å². The summed E-state index contributed by atoms with van der Waals surface area (Å²) in [5, 5.41) is 7.29. The molecular formula is C19H27N5O. The molecule has 6 nitrogen and oxygen atoms in total. The third kappa shape index (κ3) is 4.59. The van der Waals surface area contributed by atoms with Gasteiger partial charge < -0.3 is 10.2 Å². The van der Waals surface area contributed by atoms with E-state index in [9.17, 15) is 4.79 Å². The minimum Gasteiger partial charge on any atom is -0.322 e. The van der Waals surface area contributed by atoms with Gasteiger partial charge in [-0.15, -0.1) is 0 Å². The number of piperidine rings is 1. The molecular weight excluding hydrogens is 314 g/mol. The van der Waals surface area contributed by atoms with Gasteiger partial charge in [0.05, 0.1) is 11.9 Å². The predicted molar refractivity (Wildman–Crippen MR) is 98.5 cm³/mol. The van der Waals surface area contributed by atoms with Gasteiger partial charge in [-0.05, 0) is 58.1 Å². The summed E-state index contributed by atoms with van der Waals surface area (Å²) in [7, 11) is 0. The smallest absolute Gasteiger partial charge is 0.322 e. The van der Waals surface area contributed by atoms with Crippen molar-refractivity contribution in [3.05, 3.63) is 42.5 Å². The van der Waals surface area contributed by atoms with Gasteiger partial charge in [0, 0.05) is 36.7 Å². The Balaban J connectivity index is 1.60. The van der Waals surface area contributed by atoms with E-state index in [-0.39, 0.29) is 18.1 Å². The van der Waals surface area contributed by atoms with Crippen LogP contribution in [-0.2, 0) is 6.42 Å². The van der Waals surface area contributed by atoms with Crippen LogP contribution in [-0.4, -0.2) is 38.3 Å². The number of carbonyl (C=O) groups excluding carboxylic acids is 1. The number of nitrogens with one attached hydrogen (secondary N) is 1. The van der Waals surface area contributed by atoms with Crippen molar-refractivity contribution in [2.24, 2.45) is 0 Å². The molecule has 0 saturated carbocycles. The zero-order chi connectivity index (χ0) is 17.6. The number of amides is 2. The lowest BCUT2D eigenvalue weighted by Gasteiger charge is -2.35. The Morgan fingerprint density at radius 2 is 2.24 bits per heavy atom. The first-order valence-electron chi connectivity index (χ1n) is 9.15. The first-order valence-corrected chi connectivity index (χ1v) is 9.15. The summed E-state index contributed by atoms with van der Waals surface area (Å²) in [4.78, 5) is 19.1. The maximum Gasteiger partial charge on any atom is 0.322 e. The summed E-state index contributed by atoms with van der Waals surface area (Å²) in [5.41, 5.74) is 1.85. The molecule has 0 aromatic carbocycles. The van der Waals surface area contributed by atoms with E-state index < -0.39 is 0 Å². The number of urea groups is 1. The van der Waals surface area contributed by atoms with Gasteiger partial charge in [-0.3, -0.25) is 9.67 Å². The van der Waals surface area contributed by atoms with E-state index in [4.69, 9.17) is 0 Å². The van der Waals surface area contributed by atoms with Gasteiger partial charge in [-0.25, -0.2) is 4.79 Å². The molecule has 134 valence electrons. The second kappa shape index (κ2) is 8.14. The number of hydrogen-bond acceptors (Lipinski definition) is 3. The Hall–Kier alpha value is -2.37. The van der Waals surface area contributed by atoms with Crippen molar-refractivity contribution in [3.8, 4) is 0 Å². The molecule has 6 heteroatoms. The zero-order valence-electron chi connectivity index (χ0n) is 15.1. The molecule has 1 aliphatic heterocycles. The van der Waals surface area contributed by atoms with Crippen molar-refractivity contribution >= 4 is 11.7 Å². The molecule has 1 fully saturated rings. The summed E-state index contributed by atoms with van der Waals surface area (Å²) in [6.07, 6.45) is 10.6. The van der Waals surface area contributed by atoms with Gasteiger partial charge in [-0.2, -0.15) is 5.10 Å². The maximum absolute atomic E-state index is 12.7. The minimum absolute atomic E-state index is 0.0194. The number of likely N-dealkylation sites (tertiary alicyclic amines) is 1. The van der Waals surface area contributed by atoms with Gasteiger partial charge in [0.1, 0.15) is 0 Å². The molecule has 1 aliphatic rings. The van der Waals surface area contributed by atoms with Gasteiger partial charge >= 0.3 is 6.03 Å². The van der Waals surface area contributed by atoms with Crippen LogP contribution in [0.15, 0.2) is 36.8 Å². The number of rotatable bonds is 5. The zero-order valence-corrected chi connectivity index (χ0v) is 15.1. The summed E-state index contributed by atoms with van der Waals surface area (Å²) in [6, 6.07) is 6.53. The summed E-state index contributed by atoms with van der Waals surface area (Å²) in [6.45, 7) is 4.95. The highest BCUT2D eigenvalue weighted by atomic mass is 16.2. The van der Waals surface area contributed by atoms with E-state index in [1.807, 2.05) is 40.2 Å². The monoisotopic (exact) mass is 341 g/mol. The lowest BCUT2D eigenvalue weighted by atomic mass is 9.97. The van der Waals surface area contributed by atoms with E-state index >= 15 is 0 Å². The molecule has 25 heavy (non-hydrogen) atoms. The van der Waals surface area contributed by atoms with Crippen molar-refractivity contribution < 1.29 is 4.79 Å². The van der Waals surface area contributed by atoms with Gasteiger partial charge in [0.15, 0.2) is 0 Å². The van der Waals surface area contributed by atoms with Crippen LogP contribution >= 0.6 is 0 Å². The highest BCUT2D eigenvalue weighted by molar-refractivity contribution is 5.89. The van der Waals surface area contributed by atoms with Crippen LogP contribution < -0.4 is 5.32 Å². The average molecular weight is 341 g/mol. The number of anilines is 1. The molecule has 2 amide bonds. The van der Waals surface area contributed by atoms with Crippen molar-refractivity contribution in [2.75, 3.05) is 11.9 Å². The van der Waals surface area contributed by atoms with Crippen LogP contribution in [0.5, 0.6) is 0 Å². The fourth-order valence-electron chi connectivity index (χ4n) is 3.31. The first kappa shape index (κ1) is 17.5. The molecule has 0 unspecified atom stereocenters. The van der Waals surface area contributed by atoms with Gasteiger partial charge in [0.2, 0.25) is 0 Å². The normalized spacial score (nSPS) is 17.7. The van der Waals surface area contributed by atoms with Crippen molar-refractivity contribution in [1.82, 2.24) is 19.7 Å². The Labute approximate surface area is 149 Å². The molecule has 1 saturated heterocycles. The standard InChI is InChI=1S/C19H27N5O/c1-15(2)24-14-17(13-21-24)22-19(25)23-12-6-4-8-18(23)10-9-16-7-3-5-11-20-16/h3,5,7,11,13-15,18H,4,6,8-10,12H2,1-2H3,(H,22,25)/t18-/m0/s1. The number of aromatic nitrogens is 3. The highest BCUT2D eigenvalue weighted by Crippen LogP contribution is 2.22. The van der Waals surface area contributed by atoms with E-state index in [0.717, 1.165) is 43.6 Å². The lowest BCUT2D eigenvalue weighted by molar-refractivity contribution is 0.158. The second-order valence-corrected chi connectivity index (χ2v) is 6.94. The second-order valence-electron chi connectivity index (χ2n) is 6.94. The van der Waals surface area contributed by atoms with Crippen molar-refractivity contribution in [3.63, 3.8) is 0 Å². The molecule has 2 aromatic rings. The molecule has 0 radical (unpaired) electrons. The van der Waals surface area contributed by atoms with Crippen LogP contribution in [0.4, 0.5) is 10.5 Å². The van der Waals surface area contributed by atoms with E-state index in [1.54, 1.807) is 6.20 Å². The predicted octanol–water partition coefficient (Wildman–Crippen LogP) is 3.88. The molecule has 3 heterocycles. The largest absolute Gasteiger partial charge is 0.322 e. The SMILES string of the molecule is CC(C)n1cc(NC(=O)N2CCCC[C@H]2CCc2ccccn2)cn1. The highest BCUT2D eigenvalue weighted by Gasteiger charge is 2.26. The number of nitrogens with zero attached hydrogens (tertiary/aromatic N) is 4. The molecule has 1 N–H and O–H groups in total. The summed E-state index contributed by atoms with van der Waals surface area (Å²) < 4.78 is 1.85. The molecule has 3 rings (SSSR count). The quantitative estimate of drug-likeness (QED) is 0.898. The van der Waals surface area contributed by atoms with Crippen LogP contribution in [0, 0.1) is 0 Å². The topological polar surface area (TPSA) is 63.1 Å². The maximum atomic E-state index is 12.7. The van der Waals surface area contributed by atoms with Crippen molar-refractivity contribution in [1.29, 1.82) is 0 Å². The summed E-state index contributed by atoms with van der Waals surface area (Å²) >= 11 is 0. The third-order valence-electron chi connectivity index (χ3n) is 4.73. The molecule has 0 spiro atoms. The number of hydrogen-bond donors (Lipinski definition) is 1. The minimum atomic E-state index is -0.0194. The molecule has 0 bridgehead atoms. The number of pyridine rings is 1. The molecule has 2 aromatic heterocycles. The van der Waals surface area contributed by atoms with Crippen molar-refractivity contribution in [2.45, 2.75) is 58.0 Å². The van der Waals surface area contributed by atoms with Gasteiger partial charge in [-0.1, -0.05) is 6.07 Å². The Bertz CT molecular complexity index is 682. The van der Waals surface area contributed by atoms with E-state index in [0.29, 0.717) is 0 Å². The molecule has 1 atom stereocenters. The number of aryl methyl sites for hydroxylation is 1. The van der Waals surface area contributed by atoms with Crippen LogP contribution in [0.25, 0.3) is 0 Å². The first-order chi connectivity index (χ1) is 12.1. The number of carbonyl (C=O) groups is 1. The average Bonchev–Trinajstić information content (AvgIpc) is 3.10. The van der Waals surface area contributed by atoms with Crippen LogP contribution in [0.3, 0.4) is 0 Å². The third-order valence-corrected chi connectivity index (χ3v) is 4.73. The van der Waals surface area contributed by atoms with E-state index in [1.165, 1.54) is 6.42 Å². The fraction of sp³-hybridized carbons (Fsp3) is 0.526. The Kier molecular flexibility index (Phi) is 5.68. The summed E-state index contributed by atoms with van der Waals surface area (Å²) in [5.74, 6) is 0. The lowest BCUT2D eigenvalue weighted by Crippen LogP contribution is -2.46. The Morgan fingerprint density at radius 1 is 1.36 bits per heavy atom. The molecule has 0 aliphatic carbocycles. The fourth-order valence-corrected chi connectivity index (χ4v) is 3.31. The van der Waals surface area contributed by atoms with E-state index in [2.05, 4.69) is 29.2 Å². The van der Waals surface area contributed by atoms with Crippen LogP contribution in [0.2, 0.25) is 0 Å².